The van der Waals surface area contributed by atoms with E-state index >= 15 is 0 Å². The fraction of sp³-hybridized carbons (Fsp3) is 0.333. The minimum atomic E-state index is -0.599. The Morgan fingerprint density at radius 2 is 1.93 bits per heavy atom. The molecule has 1 atom stereocenters. The van der Waals surface area contributed by atoms with Crippen molar-refractivity contribution in [3.05, 3.63) is 62.1 Å². The highest BCUT2D eigenvalue weighted by Crippen LogP contribution is 2.17. The number of rotatable bonds is 9. The van der Waals surface area contributed by atoms with Crippen LogP contribution in [0.2, 0.25) is 0 Å². The van der Waals surface area contributed by atoms with Crippen LogP contribution in [0.4, 0.5) is 0 Å². The van der Waals surface area contributed by atoms with E-state index in [0.29, 0.717) is 18.8 Å². The maximum absolute atomic E-state index is 12.9. The van der Waals surface area contributed by atoms with Crippen LogP contribution in [0.15, 0.2) is 53.0 Å². The predicted octanol–water partition coefficient (Wildman–Crippen LogP) is 4.38. The molecule has 1 unspecified atom stereocenters. The van der Waals surface area contributed by atoms with Gasteiger partial charge in [0.15, 0.2) is 6.61 Å². The Hall–Kier alpha value is -1.61. The van der Waals surface area contributed by atoms with Crippen LogP contribution < -0.4 is 10.1 Å². The number of carbonyl (C=O) groups excluding carboxylic acids is 2. The highest BCUT2D eigenvalue weighted by molar-refractivity contribution is 14.1. The van der Waals surface area contributed by atoms with Gasteiger partial charge < -0.3 is 15.0 Å². The van der Waals surface area contributed by atoms with Gasteiger partial charge in [0, 0.05) is 21.1 Å². The van der Waals surface area contributed by atoms with Gasteiger partial charge in [0.25, 0.3) is 5.91 Å². The van der Waals surface area contributed by atoms with E-state index in [-0.39, 0.29) is 18.4 Å². The molecule has 0 fully saturated rings. The van der Waals surface area contributed by atoms with Crippen LogP contribution in [0.5, 0.6) is 5.75 Å². The van der Waals surface area contributed by atoms with Crippen molar-refractivity contribution in [2.75, 3.05) is 13.2 Å². The molecular formula is C21H24BrIN2O3. The molecule has 2 aromatic rings. The van der Waals surface area contributed by atoms with Crippen LogP contribution in [0.3, 0.4) is 0 Å². The Bertz CT molecular complexity index is 798. The number of nitrogens with one attached hydrogen (secondary N) is 1. The highest BCUT2D eigenvalue weighted by atomic mass is 127. The fourth-order valence-corrected chi connectivity index (χ4v) is 3.38. The number of halogens is 2. The van der Waals surface area contributed by atoms with Crippen molar-refractivity contribution >= 4 is 50.3 Å². The molecule has 7 heteroatoms. The second-order valence-corrected chi connectivity index (χ2v) is 8.52. The summed E-state index contributed by atoms with van der Waals surface area (Å²) in [6.07, 6.45) is 0.841. The average molecular weight is 559 g/mol. The first-order valence-electron chi connectivity index (χ1n) is 9.10. The smallest absolute Gasteiger partial charge is 0.261 e. The zero-order valence-electron chi connectivity index (χ0n) is 16.0. The third-order valence-electron chi connectivity index (χ3n) is 4.13. The quantitative estimate of drug-likeness (QED) is 0.465. The van der Waals surface area contributed by atoms with Crippen LogP contribution >= 0.6 is 38.5 Å². The number of nitrogens with zero attached hydrogens (tertiary/aromatic N) is 1. The average Bonchev–Trinajstić information content (AvgIpc) is 2.69. The van der Waals surface area contributed by atoms with Gasteiger partial charge in [0.1, 0.15) is 11.8 Å². The van der Waals surface area contributed by atoms with Crippen molar-refractivity contribution in [2.24, 2.45) is 0 Å². The summed E-state index contributed by atoms with van der Waals surface area (Å²) in [7, 11) is 0. The van der Waals surface area contributed by atoms with E-state index in [0.717, 1.165) is 20.0 Å². The van der Waals surface area contributed by atoms with E-state index in [1.807, 2.05) is 55.5 Å². The first-order valence-corrected chi connectivity index (χ1v) is 11.0. The second kappa shape index (κ2) is 11.4. The van der Waals surface area contributed by atoms with Crippen molar-refractivity contribution in [3.63, 3.8) is 0 Å². The van der Waals surface area contributed by atoms with Crippen LogP contribution in [0.1, 0.15) is 25.8 Å². The molecule has 0 spiro atoms. The van der Waals surface area contributed by atoms with Gasteiger partial charge in [-0.15, -0.1) is 0 Å². The lowest BCUT2D eigenvalue weighted by atomic mass is 10.1. The standard InChI is InChI=1S/C21H24BrIN2O3/c1-3-11-24-21(27)15(2)25(13-16-5-4-6-17(22)12-16)20(26)14-28-19-9-7-18(23)8-10-19/h4-10,12,15H,3,11,13-14H2,1-2H3,(H,24,27). The van der Waals surface area contributed by atoms with Crippen LogP contribution in [0.25, 0.3) is 0 Å². The Morgan fingerprint density at radius 3 is 2.57 bits per heavy atom. The third kappa shape index (κ3) is 7.09. The molecule has 0 aromatic heterocycles. The summed E-state index contributed by atoms with van der Waals surface area (Å²) in [5.74, 6) is 0.219. The molecule has 5 nitrogen and oxygen atoms in total. The maximum Gasteiger partial charge on any atom is 0.261 e. The molecule has 28 heavy (non-hydrogen) atoms. The molecular weight excluding hydrogens is 535 g/mol. The summed E-state index contributed by atoms with van der Waals surface area (Å²) in [6, 6.07) is 14.6. The van der Waals surface area contributed by atoms with Gasteiger partial charge in [-0.1, -0.05) is 35.0 Å². The first kappa shape index (κ1) is 22.7. The van der Waals surface area contributed by atoms with Crippen LogP contribution in [0, 0.1) is 3.57 Å². The number of carbonyl (C=O) groups is 2. The number of amides is 2. The minimum Gasteiger partial charge on any atom is -0.484 e. The van der Waals surface area contributed by atoms with Gasteiger partial charge in [0.05, 0.1) is 0 Å². The molecule has 0 bridgehead atoms. The van der Waals surface area contributed by atoms with Crippen molar-refractivity contribution in [1.82, 2.24) is 10.2 Å². The third-order valence-corrected chi connectivity index (χ3v) is 5.35. The number of hydrogen-bond acceptors (Lipinski definition) is 3. The molecule has 0 aliphatic rings. The molecule has 0 saturated carbocycles. The number of benzene rings is 2. The molecule has 2 amide bonds. The summed E-state index contributed by atoms with van der Waals surface area (Å²) >= 11 is 5.66. The zero-order chi connectivity index (χ0) is 20.5. The summed E-state index contributed by atoms with van der Waals surface area (Å²) in [5, 5.41) is 2.86. The van der Waals surface area contributed by atoms with Gasteiger partial charge in [-0.2, -0.15) is 0 Å². The van der Waals surface area contributed by atoms with Crippen molar-refractivity contribution in [1.29, 1.82) is 0 Å². The van der Waals surface area contributed by atoms with Gasteiger partial charge in [-0.25, -0.2) is 0 Å². The van der Waals surface area contributed by atoms with E-state index < -0.39 is 6.04 Å². The van der Waals surface area contributed by atoms with Crippen molar-refractivity contribution < 1.29 is 14.3 Å². The largest absolute Gasteiger partial charge is 0.484 e. The van der Waals surface area contributed by atoms with E-state index in [1.165, 1.54) is 0 Å². The van der Waals surface area contributed by atoms with Gasteiger partial charge in [-0.05, 0) is 77.9 Å². The minimum absolute atomic E-state index is 0.125. The Kier molecular flexibility index (Phi) is 9.24. The fourth-order valence-electron chi connectivity index (χ4n) is 2.57. The molecule has 0 heterocycles. The Morgan fingerprint density at radius 1 is 1.21 bits per heavy atom. The molecule has 0 aliphatic heterocycles. The number of hydrogen-bond donors (Lipinski definition) is 1. The summed E-state index contributed by atoms with van der Waals surface area (Å²) in [5.41, 5.74) is 0.937. The zero-order valence-corrected chi connectivity index (χ0v) is 19.7. The molecule has 0 saturated heterocycles. The van der Waals surface area contributed by atoms with E-state index in [2.05, 4.69) is 43.8 Å². The SMILES string of the molecule is CCCNC(=O)C(C)N(Cc1cccc(Br)c1)C(=O)COc1ccc(I)cc1. The lowest BCUT2D eigenvalue weighted by molar-refractivity contribution is -0.142. The van der Waals surface area contributed by atoms with Gasteiger partial charge >= 0.3 is 0 Å². The monoisotopic (exact) mass is 558 g/mol. The Balaban J connectivity index is 2.12. The summed E-state index contributed by atoms with van der Waals surface area (Å²) in [4.78, 5) is 26.9. The molecule has 1 N–H and O–H groups in total. The van der Waals surface area contributed by atoms with Crippen molar-refractivity contribution in [2.45, 2.75) is 32.9 Å². The summed E-state index contributed by atoms with van der Waals surface area (Å²) < 4.78 is 7.66. The molecule has 2 rings (SSSR count). The van der Waals surface area contributed by atoms with Gasteiger partial charge in [-0.3, -0.25) is 9.59 Å². The van der Waals surface area contributed by atoms with E-state index in [9.17, 15) is 9.59 Å². The van der Waals surface area contributed by atoms with Gasteiger partial charge in [0.2, 0.25) is 5.91 Å². The lowest BCUT2D eigenvalue weighted by Gasteiger charge is -2.28. The second-order valence-electron chi connectivity index (χ2n) is 6.36. The number of ether oxygens (including phenoxy) is 1. The van der Waals surface area contributed by atoms with E-state index in [1.54, 1.807) is 11.8 Å². The topological polar surface area (TPSA) is 58.6 Å². The van der Waals surface area contributed by atoms with E-state index in [4.69, 9.17) is 4.74 Å². The summed E-state index contributed by atoms with van der Waals surface area (Å²) in [6.45, 7) is 4.52. The predicted molar refractivity (Wildman–Crippen MR) is 122 cm³/mol. The molecule has 0 radical (unpaired) electrons. The van der Waals surface area contributed by atoms with Crippen LogP contribution in [-0.4, -0.2) is 35.9 Å². The van der Waals surface area contributed by atoms with Crippen LogP contribution in [-0.2, 0) is 16.1 Å². The normalized spacial score (nSPS) is 11.6. The Labute approximate surface area is 188 Å². The molecule has 2 aromatic carbocycles. The molecule has 150 valence electrons. The van der Waals surface area contributed by atoms with Crippen molar-refractivity contribution in [3.8, 4) is 5.75 Å². The maximum atomic E-state index is 12.9. The first-order chi connectivity index (χ1) is 13.4. The highest BCUT2D eigenvalue weighted by Gasteiger charge is 2.26. The lowest BCUT2D eigenvalue weighted by Crippen LogP contribution is -2.49. The molecule has 0 aliphatic carbocycles.